The SMILES string of the molecule is C=C1/C=C\CO[C@H]2C=C[C@@H](OCc3ccccc3)O[C@@H]2COC(=O)CC1. The molecule has 3 atom stereocenters. The highest BCUT2D eigenvalue weighted by Crippen LogP contribution is 2.20. The Morgan fingerprint density at radius 3 is 2.85 bits per heavy atom. The molecule has 5 heteroatoms. The van der Waals surface area contributed by atoms with Gasteiger partial charge >= 0.3 is 5.97 Å². The number of benzene rings is 1. The van der Waals surface area contributed by atoms with Gasteiger partial charge in [-0.2, -0.15) is 0 Å². The van der Waals surface area contributed by atoms with Crippen molar-refractivity contribution in [3.05, 3.63) is 72.4 Å². The Morgan fingerprint density at radius 2 is 2.00 bits per heavy atom. The predicted molar refractivity (Wildman–Crippen MR) is 97.2 cm³/mol. The lowest BCUT2D eigenvalue weighted by Crippen LogP contribution is -2.41. The van der Waals surface area contributed by atoms with E-state index in [2.05, 4.69) is 6.58 Å². The first kappa shape index (κ1) is 18.6. The number of cyclic esters (lactones) is 1. The second-order valence-electron chi connectivity index (χ2n) is 6.27. The van der Waals surface area contributed by atoms with Crippen LogP contribution in [0.2, 0.25) is 0 Å². The molecule has 1 aromatic rings. The van der Waals surface area contributed by atoms with Gasteiger partial charge in [0.1, 0.15) is 18.8 Å². The molecule has 0 N–H and O–H groups in total. The zero-order valence-corrected chi connectivity index (χ0v) is 14.7. The summed E-state index contributed by atoms with van der Waals surface area (Å²) in [4.78, 5) is 11.9. The molecule has 0 fully saturated rings. The lowest BCUT2D eigenvalue weighted by atomic mass is 10.1. The lowest BCUT2D eigenvalue weighted by molar-refractivity contribution is -0.197. The van der Waals surface area contributed by atoms with E-state index in [1.807, 2.05) is 54.6 Å². The fraction of sp³-hybridized carbons (Fsp3) is 0.381. The van der Waals surface area contributed by atoms with E-state index in [-0.39, 0.29) is 18.7 Å². The smallest absolute Gasteiger partial charge is 0.306 e. The summed E-state index contributed by atoms with van der Waals surface area (Å²) in [6.07, 6.45) is 7.21. The van der Waals surface area contributed by atoms with Crippen LogP contribution < -0.4 is 0 Å². The van der Waals surface area contributed by atoms with E-state index in [4.69, 9.17) is 18.9 Å². The van der Waals surface area contributed by atoms with E-state index in [1.165, 1.54) is 0 Å². The first-order valence-electron chi connectivity index (χ1n) is 8.81. The standard InChI is InChI=1S/C21H24O5/c1-16-6-5-13-23-18-10-12-21(25-14-17-7-3-2-4-8-17)26-19(18)15-24-20(22)11-9-16/h2-8,10,12,18-19,21H,1,9,11,13-15H2/b6-5-/t18-,19+,21-/m0/s1. The van der Waals surface area contributed by atoms with Gasteiger partial charge in [-0.1, -0.05) is 60.7 Å². The van der Waals surface area contributed by atoms with Crippen molar-refractivity contribution in [2.75, 3.05) is 13.2 Å². The maximum Gasteiger partial charge on any atom is 0.306 e. The van der Waals surface area contributed by atoms with Gasteiger partial charge in [0.25, 0.3) is 0 Å². The highest BCUT2D eigenvalue weighted by Gasteiger charge is 2.29. The van der Waals surface area contributed by atoms with Crippen LogP contribution in [-0.2, 0) is 30.3 Å². The number of hydrogen-bond acceptors (Lipinski definition) is 5. The second-order valence-corrected chi connectivity index (χ2v) is 6.27. The van der Waals surface area contributed by atoms with Crippen LogP contribution in [0.5, 0.6) is 0 Å². The largest absolute Gasteiger partial charge is 0.463 e. The number of ether oxygens (including phenoxy) is 4. The van der Waals surface area contributed by atoms with Gasteiger partial charge in [-0.3, -0.25) is 4.79 Å². The van der Waals surface area contributed by atoms with Gasteiger partial charge in [-0.05, 0) is 18.1 Å². The number of allylic oxidation sites excluding steroid dienone is 2. The van der Waals surface area contributed by atoms with Crippen molar-refractivity contribution in [3.8, 4) is 0 Å². The van der Waals surface area contributed by atoms with Crippen molar-refractivity contribution in [2.24, 2.45) is 0 Å². The maximum absolute atomic E-state index is 11.9. The number of fused-ring (bicyclic) bond motifs is 1. The molecule has 0 aromatic heterocycles. The minimum atomic E-state index is -0.498. The van der Waals surface area contributed by atoms with Crippen LogP contribution >= 0.6 is 0 Å². The van der Waals surface area contributed by atoms with Crippen LogP contribution in [-0.4, -0.2) is 37.7 Å². The van der Waals surface area contributed by atoms with Gasteiger partial charge in [0, 0.05) is 6.42 Å². The topological polar surface area (TPSA) is 54.0 Å². The Hall–Kier alpha value is -2.21. The summed E-state index contributed by atoms with van der Waals surface area (Å²) in [5.74, 6) is -0.265. The van der Waals surface area contributed by atoms with Crippen molar-refractivity contribution in [3.63, 3.8) is 0 Å². The van der Waals surface area contributed by atoms with Crippen LogP contribution in [0.15, 0.2) is 66.8 Å². The molecule has 3 rings (SSSR count). The summed E-state index contributed by atoms with van der Waals surface area (Å²) in [5, 5.41) is 0. The van der Waals surface area contributed by atoms with Gasteiger partial charge in [-0.15, -0.1) is 0 Å². The van der Waals surface area contributed by atoms with Gasteiger partial charge in [0.2, 0.25) is 0 Å². The number of hydrogen-bond donors (Lipinski definition) is 0. The van der Waals surface area contributed by atoms with Crippen molar-refractivity contribution in [1.29, 1.82) is 0 Å². The summed E-state index contributed by atoms with van der Waals surface area (Å²) in [5.41, 5.74) is 1.95. The molecule has 138 valence electrons. The van der Waals surface area contributed by atoms with Gasteiger partial charge in [0.15, 0.2) is 6.29 Å². The molecule has 0 aliphatic carbocycles. The molecular formula is C21H24O5. The Kier molecular flexibility index (Phi) is 6.77. The second kappa shape index (κ2) is 9.48. The Balaban J connectivity index is 1.60. The third-order valence-electron chi connectivity index (χ3n) is 4.19. The zero-order valence-electron chi connectivity index (χ0n) is 14.7. The van der Waals surface area contributed by atoms with Gasteiger partial charge < -0.3 is 18.9 Å². The van der Waals surface area contributed by atoms with E-state index in [0.29, 0.717) is 26.1 Å². The highest BCUT2D eigenvalue weighted by atomic mass is 16.7. The average Bonchev–Trinajstić information content (AvgIpc) is 2.67. The summed E-state index contributed by atoms with van der Waals surface area (Å²) in [6, 6.07) is 9.89. The van der Waals surface area contributed by atoms with Crippen molar-refractivity contribution < 1.29 is 23.7 Å². The lowest BCUT2D eigenvalue weighted by Gasteiger charge is -2.31. The van der Waals surface area contributed by atoms with E-state index < -0.39 is 12.4 Å². The first-order chi connectivity index (χ1) is 12.7. The predicted octanol–water partition coefficient (Wildman–Crippen LogP) is 3.32. The summed E-state index contributed by atoms with van der Waals surface area (Å²) in [7, 11) is 0. The summed E-state index contributed by atoms with van der Waals surface area (Å²) in [6.45, 7) is 4.93. The molecule has 0 bridgehead atoms. The van der Waals surface area contributed by atoms with Gasteiger partial charge in [0.05, 0.1) is 13.2 Å². The van der Waals surface area contributed by atoms with E-state index >= 15 is 0 Å². The van der Waals surface area contributed by atoms with Crippen molar-refractivity contribution >= 4 is 5.97 Å². The number of rotatable bonds is 3. The third kappa shape index (κ3) is 5.66. The fourth-order valence-corrected chi connectivity index (χ4v) is 2.74. The Labute approximate surface area is 153 Å². The molecule has 5 nitrogen and oxygen atoms in total. The normalized spacial score (nSPS) is 28.4. The van der Waals surface area contributed by atoms with Crippen LogP contribution in [0.25, 0.3) is 0 Å². The van der Waals surface area contributed by atoms with E-state index in [0.717, 1.165) is 11.1 Å². The minimum absolute atomic E-state index is 0.134. The molecule has 0 unspecified atom stereocenters. The molecule has 0 amide bonds. The molecule has 0 saturated heterocycles. The molecule has 0 radical (unpaired) electrons. The zero-order chi connectivity index (χ0) is 18.2. The fourth-order valence-electron chi connectivity index (χ4n) is 2.74. The summed E-state index contributed by atoms with van der Waals surface area (Å²) >= 11 is 0. The average molecular weight is 356 g/mol. The van der Waals surface area contributed by atoms with Crippen LogP contribution in [0.3, 0.4) is 0 Å². The van der Waals surface area contributed by atoms with Gasteiger partial charge in [-0.25, -0.2) is 0 Å². The molecule has 0 spiro atoms. The van der Waals surface area contributed by atoms with Crippen LogP contribution in [0.1, 0.15) is 18.4 Å². The minimum Gasteiger partial charge on any atom is -0.463 e. The monoisotopic (exact) mass is 356 g/mol. The van der Waals surface area contributed by atoms with Crippen LogP contribution in [0.4, 0.5) is 0 Å². The molecule has 0 saturated carbocycles. The molecular weight excluding hydrogens is 332 g/mol. The highest BCUT2D eigenvalue weighted by molar-refractivity contribution is 5.69. The quantitative estimate of drug-likeness (QED) is 0.614. The first-order valence-corrected chi connectivity index (χ1v) is 8.81. The summed E-state index contributed by atoms with van der Waals surface area (Å²) < 4.78 is 22.9. The Morgan fingerprint density at radius 1 is 1.15 bits per heavy atom. The molecule has 1 aromatic carbocycles. The number of esters is 1. The number of carbonyl (C=O) groups excluding carboxylic acids is 1. The Bertz CT molecular complexity index is 664. The van der Waals surface area contributed by atoms with E-state index in [9.17, 15) is 4.79 Å². The molecule has 26 heavy (non-hydrogen) atoms. The van der Waals surface area contributed by atoms with Crippen molar-refractivity contribution in [2.45, 2.75) is 37.9 Å². The molecule has 2 heterocycles. The maximum atomic E-state index is 11.9. The number of carbonyl (C=O) groups is 1. The molecule has 2 aliphatic rings. The van der Waals surface area contributed by atoms with Crippen molar-refractivity contribution in [1.82, 2.24) is 0 Å². The van der Waals surface area contributed by atoms with Crippen LogP contribution in [0, 0.1) is 0 Å². The third-order valence-corrected chi connectivity index (χ3v) is 4.19. The van der Waals surface area contributed by atoms with E-state index in [1.54, 1.807) is 0 Å². The molecule has 2 aliphatic heterocycles.